The van der Waals surface area contributed by atoms with E-state index in [4.69, 9.17) is 10.5 Å². The summed E-state index contributed by atoms with van der Waals surface area (Å²) in [5, 5.41) is 0. The highest BCUT2D eigenvalue weighted by Gasteiger charge is 2.19. The average molecular weight is 468 g/mol. The summed E-state index contributed by atoms with van der Waals surface area (Å²) in [7, 11) is 0. The third-order valence-electron chi connectivity index (χ3n) is 1.24. The van der Waals surface area contributed by atoms with Crippen LogP contribution in [0.15, 0.2) is 24.3 Å². The van der Waals surface area contributed by atoms with Gasteiger partial charge in [-0.15, -0.1) is 0 Å². The van der Waals surface area contributed by atoms with Crippen LogP contribution < -0.4 is 11.5 Å². The van der Waals surface area contributed by atoms with Gasteiger partial charge in [-0.05, 0) is 17.7 Å². The Kier molecular flexibility index (Phi) is 7.07. The van der Waals surface area contributed by atoms with E-state index in [9.17, 15) is 0 Å². The maximum atomic E-state index is 9.14. The van der Waals surface area contributed by atoms with Crippen molar-refractivity contribution in [3.05, 3.63) is 29.8 Å². The molecular formula is C8H8Br4N2O. The molecule has 3 nitrogen and oxygen atoms in total. The summed E-state index contributed by atoms with van der Waals surface area (Å²) in [6, 6.07) is 7.59. The lowest BCUT2D eigenvalue weighted by Crippen LogP contribution is -1.97. The summed E-state index contributed by atoms with van der Waals surface area (Å²) in [4.78, 5) is 8.62. The minimum absolute atomic E-state index is 0.333. The van der Waals surface area contributed by atoms with Crippen molar-refractivity contribution in [3.8, 4) is 0 Å². The number of halogens is 4. The molecule has 0 saturated heterocycles. The molecule has 0 aliphatic rings. The lowest BCUT2D eigenvalue weighted by molar-refractivity contribution is 0.268. The molecule has 1 rings (SSSR count). The van der Waals surface area contributed by atoms with Crippen molar-refractivity contribution in [2.24, 2.45) is 5.73 Å². The molecule has 1 aromatic rings. The fourth-order valence-electron chi connectivity index (χ4n) is 0.672. The Hall–Kier alpha value is 0.410. The molecule has 4 N–H and O–H groups in total. The van der Waals surface area contributed by atoms with Crippen molar-refractivity contribution in [3.63, 3.8) is 0 Å². The number of carbonyl (C=O) groups excluding carboxylic acids is 1. The van der Waals surface area contributed by atoms with E-state index in [1.54, 1.807) is 0 Å². The standard InChI is InChI=1S/C7H6Br3N.CH2BrNO/c8-7(9,10)5-1-3-6(11)4-2-5;2-1(3)4/h1-4H,11H2;(H2,3,4). The van der Waals surface area contributed by atoms with Gasteiger partial charge in [0.1, 0.15) is 0 Å². The molecule has 0 heterocycles. The molecule has 0 aliphatic heterocycles. The number of primary amides is 1. The lowest BCUT2D eigenvalue weighted by atomic mass is 10.2. The Morgan fingerprint density at radius 3 is 1.73 bits per heavy atom. The summed E-state index contributed by atoms with van der Waals surface area (Å²) in [6.45, 7) is 0. The van der Waals surface area contributed by atoms with Gasteiger partial charge in [-0.1, -0.05) is 59.9 Å². The highest BCUT2D eigenvalue weighted by molar-refractivity contribution is 9.38. The minimum Gasteiger partial charge on any atom is -0.399 e. The largest absolute Gasteiger partial charge is 0.399 e. The number of rotatable bonds is 0. The number of hydrogen-bond acceptors (Lipinski definition) is 2. The Labute approximate surface area is 121 Å². The Balaban J connectivity index is 0.000000423. The van der Waals surface area contributed by atoms with Gasteiger partial charge in [0.25, 0.3) is 4.82 Å². The van der Waals surface area contributed by atoms with Crippen molar-refractivity contribution in [2.75, 3.05) is 5.73 Å². The Morgan fingerprint density at radius 2 is 1.47 bits per heavy atom. The van der Waals surface area contributed by atoms with Crippen LogP contribution in [0.5, 0.6) is 0 Å². The maximum Gasteiger partial charge on any atom is 0.284 e. The van der Waals surface area contributed by atoms with Crippen LogP contribution in [-0.2, 0) is 2.14 Å². The Bertz CT molecular complexity index is 316. The van der Waals surface area contributed by atoms with E-state index in [0.717, 1.165) is 11.3 Å². The zero-order valence-corrected chi connectivity index (χ0v) is 13.7. The number of benzene rings is 1. The van der Waals surface area contributed by atoms with Gasteiger partial charge < -0.3 is 11.5 Å². The van der Waals surface area contributed by atoms with Crippen LogP contribution in [0.4, 0.5) is 10.5 Å². The van der Waals surface area contributed by atoms with Crippen LogP contribution >= 0.6 is 63.7 Å². The molecule has 15 heavy (non-hydrogen) atoms. The zero-order chi connectivity index (χ0) is 12.1. The molecule has 84 valence electrons. The normalized spacial score (nSPS) is 10.1. The quantitative estimate of drug-likeness (QED) is 0.262. The summed E-state index contributed by atoms with van der Waals surface area (Å²) in [6.07, 6.45) is 0. The predicted octanol–water partition coefficient (Wildman–Crippen LogP) is 4.02. The van der Waals surface area contributed by atoms with Crippen LogP contribution in [0, 0.1) is 0 Å². The molecule has 1 amide bonds. The highest BCUT2D eigenvalue weighted by Crippen LogP contribution is 2.44. The van der Waals surface area contributed by atoms with Gasteiger partial charge in [-0.2, -0.15) is 0 Å². The number of nitrogens with two attached hydrogens (primary N) is 2. The van der Waals surface area contributed by atoms with Crippen LogP contribution in [0.25, 0.3) is 0 Å². The number of anilines is 1. The molecule has 0 radical (unpaired) electrons. The average Bonchev–Trinajstić information content (AvgIpc) is 2.01. The van der Waals surface area contributed by atoms with Crippen LogP contribution in [-0.4, -0.2) is 4.82 Å². The van der Waals surface area contributed by atoms with Crippen molar-refractivity contribution >= 4 is 74.2 Å². The lowest BCUT2D eigenvalue weighted by Gasteiger charge is -2.11. The summed E-state index contributed by atoms with van der Waals surface area (Å²) >= 11 is 12.6. The second-order valence-corrected chi connectivity index (χ2v) is 9.97. The van der Waals surface area contributed by atoms with Crippen LogP contribution in [0.1, 0.15) is 5.56 Å². The van der Waals surface area contributed by atoms with Gasteiger partial charge in [0.15, 0.2) is 2.14 Å². The number of hydrogen-bond donors (Lipinski definition) is 2. The van der Waals surface area contributed by atoms with Crippen LogP contribution in [0.3, 0.4) is 0 Å². The number of nitrogen functional groups attached to an aromatic ring is 1. The van der Waals surface area contributed by atoms with Gasteiger partial charge >= 0.3 is 0 Å². The first-order valence-corrected chi connectivity index (χ1v) is 6.78. The van der Waals surface area contributed by atoms with Gasteiger partial charge in [0.2, 0.25) is 0 Å². The third kappa shape index (κ3) is 8.24. The fourth-order valence-corrected chi connectivity index (χ4v) is 1.47. The first kappa shape index (κ1) is 15.4. The molecule has 0 atom stereocenters. The number of amides is 1. The molecule has 0 fully saturated rings. The molecule has 0 spiro atoms. The number of alkyl halides is 3. The third-order valence-corrected chi connectivity index (χ3v) is 2.61. The van der Waals surface area contributed by atoms with Crippen molar-refractivity contribution in [2.45, 2.75) is 2.14 Å². The van der Waals surface area contributed by atoms with E-state index < -0.39 is 4.82 Å². The molecular weight excluding hydrogens is 460 g/mol. The van der Waals surface area contributed by atoms with Gasteiger partial charge in [-0.3, -0.25) is 4.79 Å². The second-order valence-electron chi connectivity index (χ2n) is 2.42. The van der Waals surface area contributed by atoms with Crippen molar-refractivity contribution < 1.29 is 4.79 Å². The first-order valence-electron chi connectivity index (χ1n) is 3.61. The van der Waals surface area contributed by atoms with Crippen molar-refractivity contribution in [1.82, 2.24) is 0 Å². The first-order chi connectivity index (χ1) is 6.73. The van der Waals surface area contributed by atoms with E-state index in [1.807, 2.05) is 24.3 Å². The minimum atomic E-state index is -0.521. The van der Waals surface area contributed by atoms with Crippen LogP contribution in [0.2, 0.25) is 0 Å². The smallest absolute Gasteiger partial charge is 0.284 e. The van der Waals surface area contributed by atoms with E-state index in [-0.39, 0.29) is 2.14 Å². The molecule has 7 heteroatoms. The fraction of sp³-hybridized carbons (Fsp3) is 0.125. The molecule has 1 aromatic carbocycles. The summed E-state index contributed by atoms with van der Waals surface area (Å²) in [5.74, 6) is 0. The highest BCUT2D eigenvalue weighted by atomic mass is 80.0. The topological polar surface area (TPSA) is 69.1 Å². The van der Waals surface area contributed by atoms with Gasteiger partial charge in [0, 0.05) is 21.6 Å². The van der Waals surface area contributed by atoms with E-state index in [2.05, 4.69) is 69.5 Å². The monoisotopic (exact) mass is 464 g/mol. The predicted molar refractivity (Wildman–Crippen MR) is 77.8 cm³/mol. The van der Waals surface area contributed by atoms with E-state index in [1.165, 1.54) is 0 Å². The summed E-state index contributed by atoms with van der Waals surface area (Å²) in [5.41, 5.74) is 11.8. The molecule has 0 saturated carbocycles. The van der Waals surface area contributed by atoms with Crippen molar-refractivity contribution in [1.29, 1.82) is 0 Å². The SMILES string of the molecule is NC(=O)Br.Nc1ccc(C(Br)(Br)Br)cc1. The summed E-state index contributed by atoms with van der Waals surface area (Å²) < 4.78 is -0.333. The molecule has 0 unspecified atom stereocenters. The zero-order valence-electron chi connectivity index (χ0n) is 7.38. The van der Waals surface area contributed by atoms with Gasteiger partial charge in [0.05, 0.1) is 0 Å². The Morgan fingerprint density at radius 1 is 1.13 bits per heavy atom. The van der Waals surface area contributed by atoms with E-state index >= 15 is 0 Å². The van der Waals surface area contributed by atoms with E-state index in [0.29, 0.717) is 0 Å². The maximum absolute atomic E-state index is 9.14. The van der Waals surface area contributed by atoms with Gasteiger partial charge in [-0.25, -0.2) is 0 Å². The second kappa shape index (κ2) is 6.88. The molecule has 0 aromatic heterocycles. The molecule has 0 bridgehead atoms. The number of carbonyl (C=O) groups is 1. The molecule has 0 aliphatic carbocycles.